The van der Waals surface area contributed by atoms with Gasteiger partial charge in [0.05, 0.1) is 13.0 Å². The molecule has 0 atom stereocenters. The fourth-order valence-electron chi connectivity index (χ4n) is 1.43. The minimum atomic E-state index is -1.07. The van der Waals surface area contributed by atoms with Gasteiger partial charge in [0.2, 0.25) is 0 Å². The van der Waals surface area contributed by atoms with Gasteiger partial charge in [-0.3, -0.25) is 9.59 Å². The molecule has 0 aliphatic rings. The van der Waals surface area contributed by atoms with E-state index in [2.05, 4.69) is 0 Å². The van der Waals surface area contributed by atoms with Gasteiger partial charge in [0, 0.05) is 12.0 Å². The molecule has 0 saturated carbocycles. The van der Waals surface area contributed by atoms with Gasteiger partial charge in [-0.25, -0.2) is 8.78 Å². The molecule has 0 heterocycles. The van der Waals surface area contributed by atoms with Crippen molar-refractivity contribution in [3.63, 3.8) is 0 Å². The predicted octanol–water partition coefficient (Wildman–Crippen LogP) is 3.27. The second-order valence-corrected chi connectivity index (χ2v) is 4.13. The van der Waals surface area contributed by atoms with Crippen LogP contribution in [0.25, 0.3) is 0 Å². The zero-order valence-corrected chi connectivity index (χ0v) is 10.7. The van der Waals surface area contributed by atoms with Crippen LogP contribution in [0.4, 0.5) is 8.78 Å². The van der Waals surface area contributed by atoms with E-state index >= 15 is 0 Å². The Morgan fingerprint density at radius 1 is 1.16 bits per heavy atom. The number of benzene rings is 1. The lowest BCUT2D eigenvalue weighted by molar-refractivity contribution is -0.143. The van der Waals surface area contributed by atoms with Crippen LogP contribution in [-0.2, 0) is 9.53 Å². The molecule has 0 radical (unpaired) electrons. The van der Waals surface area contributed by atoms with Gasteiger partial charge in [0.1, 0.15) is 0 Å². The molecule has 0 unspecified atom stereocenters. The first-order valence-electron chi connectivity index (χ1n) is 6.18. The Bertz CT molecular complexity index is 458. The molecule has 0 aromatic heterocycles. The summed E-state index contributed by atoms with van der Waals surface area (Å²) in [7, 11) is 0. The highest BCUT2D eigenvalue weighted by molar-refractivity contribution is 5.97. The van der Waals surface area contributed by atoms with Gasteiger partial charge >= 0.3 is 5.97 Å². The van der Waals surface area contributed by atoms with Crippen LogP contribution in [-0.4, -0.2) is 18.4 Å². The molecule has 104 valence electrons. The van der Waals surface area contributed by atoms with Gasteiger partial charge in [-0.15, -0.1) is 0 Å². The minimum Gasteiger partial charge on any atom is -0.466 e. The zero-order valence-electron chi connectivity index (χ0n) is 10.7. The number of hydrogen-bond donors (Lipinski definition) is 0. The lowest BCUT2D eigenvalue weighted by atomic mass is 10.1. The van der Waals surface area contributed by atoms with Crippen LogP contribution in [0.3, 0.4) is 0 Å². The summed E-state index contributed by atoms with van der Waals surface area (Å²) < 4.78 is 30.5. The summed E-state index contributed by atoms with van der Waals surface area (Å²) in [6, 6.07) is 2.92. The third kappa shape index (κ3) is 5.16. The molecule has 0 spiro atoms. The number of Topliss-reactive ketones (excluding diaryl/α,β-unsaturated/α-hetero) is 1. The standard InChI is InChI=1S/C14H16F2O3/c1-2-3-8-19-14(18)7-6-13(17)10-4-5-11(15)12(16)9-10/h4-5,9H,2-3,6-8H2,1H3. The Kier molecular flexibility index (Phi) is 6.12. The molecule has 1 rings (SSSR count). The summed E-state index contributed by atoms with van der Waals surface area (Å²) in [6.45, 7) is 2.31. The average molecular weight is 270 g/mol. The summed E-state index contributed by atoms with van der Waals surface area (Å²) >= 11 is 0. The van der Waals surface area contributed by atoms with Crippen LogP contribution < -0.4 is 0 Å². The van der Waals surface area contributed by atoms with Crippen LogP contribution in [0.15, 0.2) is 18.2 Å². The third-order valence-corrected chi connectivity index (χ3v) is 2.56. The number of carbonyl (C=O) groups is 2. The summed E-state index contributed by atoms with van der Waals surface area (Å²) in [4.78, 5) is 22.9. The van der Waals surface area contributed by atoms with Gasteiger partial charge in [-0.2, -0.15) is 0 Å². The van der Waals surface area contributed by atoms with E-state index in [1.807, 2.05) is 6.92 Å². The second kappa shape index (κ2) is 7.61. The maximum absolute atomic E-state index is 12.9. The van der Waals surface area contributed by atoms with E-state index in [1.54, 1.807) is 0 Å². The molecule has 19 heavy (non-hydrogen) atoms. The maximum atomic E-state index is 12.9. The van der Waals surface area contributed by atoms with Crippen molar-refractivity contribution in [3.05, 3.63) is 35.4 Å². The van der Waals surface area contributed by atoms with Crippen molar-refractivity contribution in [2.75, 3.05) is 6.61 Å². The van der Waals surface area contributed by atoms with Gasteiger partial charge < -0.3 is 4.74 Å². The molecular weight excluding hydrogens is 254 g/mol. The zero-order chi connectivity index (χ0) is 14.3. The maximum Gasteiger partial charge on any atom is 0.306 e. The van der Waals surface area contributed by atoms with Crippen LogP contribution in [0, 0.1) is 11.6 Å². The topological polar surface area (TPSA) is 43.4 Å². The highest BCUT2D eigenvalue weighted by Crippen LogP contribution is 2.11. The number of esters is 1. The Morgan fingerprint density at radius 2 is 1.89 bits per heavy atom. The predicted molar refractivity (Wildman–Crippen MR) is 65.8 cm³/mol. The van der Waals surface area contributed by atoms with E-state index in [1.165, 1.54) is 6.07 Å². The summed E-state index contributed by atoms with van der Waals surface area (Å²) in [5, 5.41) is 0. The number of ketones is 1. The quantitative estimate of drug-likeness (QED) is 0.434. The Hall–Kier alpha value is -1.78. The molecule has 0 aliphatic heterocycles. The SMILES string of the molecule is CCCCOC(=O)CCC(=O)c1ccc(F)c(F)c1. The molecule has 3 nitrogen and oxygen atoms in total. The lowest BCUT2D eigenvalue weighted by Gasteiger charge is -2.04. The summed E-state index contributed by atoms with van der Waals surface area (Å²) in [5.74, 6) is -2.94. The highest BCUT2D eigenvalue weighted by atomic mass is 19.2. The summed E-state index contributed by atoms with van der Waals surface area (Å²) in [6.07, 6.45) is 1.57. The number of ether oxygens (including phenoxy) is 1. The molecule has 0 saturated heterocycles. The van der Waals surface area contributed by atoms with Crippen LogP contribution in [0.1, 0.15) is 43.0 Å². The van der Waals surface area contributed by atoms with Gasteiger partial charge in [-0.05, 0) is 24.6 Å². The van der Waals surface area contributed by atoms with Crippen molar-refractivity contribution in [2.24, 2.45) is 0 Å². The molecule has 0 bridgehead atoms. The molecule has 0 N–H and O–H groups in total. The minimum absolute atomic E-state index is 0.0540. The Balaban J connectivity index is 2.42. The highest BCUT2D eigenvalue weighted by Gasteiger charge is 2.12. The molecule has 1 aromatic carbocycles. The smallest absolute Gasteiger partial charge is 0.306 e. The van der Waals surface area contributed by atoms with E-state index in [0.29, 0.717) is 6.61 Å². The summed E-state index contributed by atoms with van der Waals surface area (Å²) in [5.41, 5.74) is 0.0558. The van der Waals surface area contributed by atoms with Crippen LogP contribution in [0.2, 0.25) is 0 Å². The molecule has 0 amide bonds. The van der Waals surface area contributed by atoms with Gasteiger partial charge in [-0.1, -0.05) is 13.3 Å². The number of unbranched alkanes of at least 4 members (excludes halogenated alkanes) is 1. The number of carbonyl (C=O) groups excluding carboxylic acids is 2. The molecule has 1 aromatic rings. The number of hydrogen-bond acceptors (Lipinski definition) is 3. The lowest BCUT2D eigenvalue weighted by Crippen LogP contribution is -2.09. The van der Waals surface area contributed by atoms with E-state index in [9.17, 15) is 18.4 Å². The Morgan fingerprint density at radius 3 is 2.53 bits per heavy atom. The molecule has 5 heteroatoms. The number of rotatable bonds is 7. The second-order valence-electron chi connectivity index (χ2n) is 4.13. The van der Waals surface area contributed by atoms with Crippen LogP contribution >= 0.6 is 0 Å². The third-order valence-electron chi connectivity index (χ3n) is 2.56. The van der Waals surface area contributed by atoms with Crippen molar-refractivity contribution in [1.29, 1.82) is 0 Å². The first-order chi connectivity index (χ1) is 9.04. The monoisotopic (exact) mass is 270 g/mol. The number of halogens is 2. The largest absolute Gasteiger partial charge is 0.466 e. The van der Waals surface area contributed by atoms with Gasteiger partial charge in [0.25, 0.3) is 0 Å². The van der Waals surface area contributed by atoms with E-state index in [-0.39, 0.29) is 18.4 Å². The molecule has 0 fully saturated rings. The van der Waals surface area contributed by atoms with E-state index in [4.69, 9.17) is 4.74 Å². The Labute approximate surface area is 110 Å². The first kappa shape index (κ1) is 15.3. The van der Waals surface area contributed by atoms with Crippen molar-refractivity contribution in [1.82, 2.24) is 0 Å². The first-order valence-corrected chi connectivity index (χ1v) is 6.18. The van der Waals surface area contributed by atoms with E-state index in [0.717, 1.165) is 25.0 Å². The van der Waals surface area contributed by atoms with Crippen LogP contribution in [0.5, 0.6) is 0 Å². The molecule has 0 aliphatic carbocycles. The van der Waals surface area contributed by atoms with Crippen molar-refractivity contribution in [3.8, 4) is 0 Å². The fraction of sp³-hybridized carbons (Fsp3) is 0.429. The van der Waals surface area contributed by atoms with Crippen molar-refractivity contribution in [2.45, 2.75) is 32.6 Å². The normalized spacial score (nSPS) is 10.3. The van der Waals surface area contributed by atoms with E-state index < -0.39 is 23.4 Å². The van der Waals surface area contributed by atoms with Crippen molar-refractivity contribution < 1.29 is 23.1 Å². The van der Waals surface area contributed by atoms with Gasteiger partial charge in [0.15, 0.2) is 17.4 Å². The average Bonchev–Trinajstić information content (AvgIpc) is 2.39. The molecular formula is C14H16F2O3. The van der Waals surface area contributed by atoms with Crippen molar-refractivity contribution >= 4 is 11.8 Å². The fourth-order valence-corrected chi connectivity index (χ4v) is 1.43.